The van der Waals surface area contributed by atoms with Gasteiger partial charge in [-0.1, -0.05) is 12.1 Å². The van der Waals surface area contributed by atoms with Crippen molar-refractivity contribution in [3.05, 3.63) is 94.3 Å². The molecule has 0 aliphatic carbocycles. The highest BCUT2D eigenvalue weighted by Crippen LogP contribution is 2.26. The lowest BCUT2D eigenvalue weighted by molar-refractivity contribution is 0.190. The zero-order chi connectivity index (χ0) is 24.8. The topological polar surface area (TPSA) is 71.2 Å². The number of methoxy groups -OCH3 is 2. The predicted octanol–water partition coefficient (Wildman–Crippen LogP) is 4.76. The first-order valence-corrected chi connectivity index (χ1v) is 11.2. The molecule has 0 aliphatic rings. The molecule has 0 bridgehead atoms. The molecular formula is C27H27FN4O3. The van der Waals surface area contributed by atoms with E-state index in [1.54, 1.807) is 38.8 Å². The molecule has 0 aliphatic heterocycles. The molecule has 8 heteroatoms. The molecule has 0 spiro atoms. The Kier molecular flexibility index (Phi) is 7.52. The van der Waals surface area contributed by atoms with Gasteiger partial charge in [-0.15, -0.1) is 0 Å². The summed E-state index contributed by atoms with van der Waals surface area (Å²) in [6.45, 7) is 3.07. The fourth-order valence-corrected chi connectivity index (χ4v) is 3.85. The molecule has 0 atom stereocenters. The Morgan fingerprint density at radius 1 is 1.06 bits per heavy atom. The fourth-order valence-electron chi connectivity index (χ4n) is 3.85. The highest BCUT2D eigenvalue weighted by Gasteiger charge is 2.11. The van der Waals surface area contributed by atoms with Gasteiger partial charge < -0.3 is 18.6 Å². The van der Waals surface area contributed by atoms with E-state index in [0.29, 0.717) is 30.4 Å². The van der Waals surface area contributed by atoms with E-state index < -0.39 is 0 Å². The summed E-state index contributed by atoms with van der Waals surface area (Å²) in [5, 5.41) is 0. The molecule has 2 aromatic heterocycles. The van der Waals surface area contributed by atoms with Crippen molar-refractivity contribution in [1.82, 2.24) is 19.1 Å². The molecule has 180 valence electrons. The molecule has 4 rings (SSSR count). The normalized spacial score (nSPS) is 11.3. The second kappa shape index (κ2) is 10.9. The minimum Gasteiger partial charge on any atom is -0.495 e. The lowest BCUT2D eigenvalue weighted by Gasteiger charge is -2.16. The number of hydrogen-bond donors (Lipinski definition) is 0. The molecular weight excluding hydrogens is 447 g/mol. The lowest BCUT2D eigenvalue weighted by atomic mass is 10.1. The van der Waals surface area contributed by atoms with Crippen molar-refractivity contribution in [2.75, 3.05) is 20.8 Å². The van der Waals surface area contributed by atoms with Crippen LogP contribution in [0.25, 0.3) is 29.1 Å². The van der Waals surface area contributed by atoms with Crippen LogP contribution in [0.4, 0.5) is 4.39 Å². The van der Waals surface area contributed by atoms with Crippen molar-refractivity contribution in [1.29, 1.82) is 0 Å². The van der Waals surface area contributed by atoms with Gasteiger partial charge >= 0.3 is 0 Å². The minimum absolute atomic E-state index is 0.334. The van der Waals surface area contributed by atoms with Gasteiger partial charge in [0.1, 0.15) is 17.4 Å². The van der Waals surface area contributed by atoms with E-state index in [0.717, 1.165) is 28.9 Å². The molecule has 35 heavy (non-hydrogen) atoms. The first-order valence-electron chi connectivity index (χ1n) is 11.2. The van der Waals surface area contributed by atoms with E-state index >= 15 is 0 Å². The van der Waals surface area contributed by atoms with Crippen molar-refractivity contribution in [3.63, 3.8) is 0 Å². The van der Waals surface area contributed by atoms with Crippen molar-refractivity contribution in [2.24, 2.45) is 0 Å². The third-order valence-electron chi connectivity index (χ3n) is 5.54. The first-order chi connectivity index (χ1) is 17.0. The second-order valence-electron chi connectivity index (χ2n) is 8.03. The largest absolute Gasteiger partial charge is 0.495 e. The number of aromatic nitrogens is 4. The first kappa shape index (κ1) is 24.1. The average Bonchev–Trinajstić information content (AvgIpc) is 3.30. The molecule has 0 N–H and O–H groups in total. The molecule has 0 saturated heterocycles. The molecule has 0 amide bonds. The Morgan fingerprint density at radius 2 is 1.86 bits per heavy atom. The molecule has 0 radical (unpaired) electrons. The predicted molar refractivity (Wildman–Crippen MR) is 134 cm³/mol. The summed E-state index contributed by atoms with van der Waals surface area (Å²) >= 11 is 0. The summed E-state index contributed by atoms with van der Waals surface area (Å²) in [5.41, 5.74) is 3.71. The number of ether oxygens (including phenoxy) is 2. The third-order valence-corrected chi connectivity index (χ3v) is 5.54. The maximum absolute atomic E-state index is 13.5. The van der Waals surface area contributed by atoms with Crippen LogP contribution in [0.5, 0.6) is 5.75 Å². The molecule has 0 fully saturated rings. The standard InChI is InChI=1S/C27H27FN4O3/c1-19-17-31(18-29-19)23-11-5-20(15-25(23)35-3)6-12-26-30-27(33)16-24(32(26)13-4-14-34-2)21-7-9-22(28)10-8-21/h5-12,15-18H,4,13-14H2,1-3H3/b12-6+. The molecule has 7 nitrogen and oxygen atoms in total. The fraction of sp³-hybridized carbons (Fsp3) is 0.222. The van der Waals surface area contributed by atoms with Crippen molar-refractivity contribution < 1.29 is 13.9 Å². The number of rotatable bonds is 9. The maximum atomic E-state index is 13.5. The average molecular weight is 475 g/mol. The van der Waals surface area contributed by atoms with E-state index in [1.807, 2.05) is 46.5 Å². The van der Waals surface area contributed by atoms with E-state index in [4.69, 9.17) is 9.47 Å². The highest BCUT2D eigenvalue weighted by molar-refractivity contribution is 5.70. The van der Waals surface area contributed by atoms with Crippen LogP contribution in [0.15, 0.2) is 65.8 Å². The quantitative estimate of drug-likeness (QED) is 0.327. The number of halogens is 1. The number of nitrogens with zero attached hydrogens (tertiary/aromatic N) is 4. The Bertz CT molecular complexity index is 1390. The number of aryl methyl sites for hydroxylation is 1. The number of benzene rings is 2. The molecule has 2 aromatic carbocycles. The van der Waals surface area contributed by atoms with Crippen LogP contribution in [0.3, 0.4) is 0 Å². The Balaban J connectivity index is 1.72. The van der Waals surface area contributed by atoms with Gasteiger partial charge in [-0.25, -0.2) is 9.37 Å². The van der Waals surface area contributed by atoms with Gasteiger partial charge in [-0.3, -0.25) is 4.79 Å². The van der Waals surface area contributed by atoms with E-state index in [1.165, 1.54) is 18.2 Å². The summed E-state index contributed by atoms with van der Waals surface area (Å²) < 4.78 is 28.2. The van der Waals surface area contributed by atoms with E-state index in [-0.39, 0.29) is 11.4 Å². The monoisotopic (exact) mass is 474 g/mol. The van der Waals surface area contributed by atoms with Gasteiger partial charge in [0.15, 0.2) is 0 Å². The Morgan fingerprint density at radius 3 is 2.54 bits per heavy atom. The van der Waals surface area contributed by atoms with E-state index in [9.17, 15) is 9.18 Å². The molecule has 2 heterocycles. The summed E-state index contributed by atoms with van der Waals surface area (Å²) in [4.78, 5) is 21.0. The van der Waals surface area contributed by atoms with Gasteiger partial charge in [0.2, 0.25) is 0 Å². The molecule has 4 aromatic rings. The van der Waals surface area contributed by atoms with Crippen molar-refractivity contribution >= 4 is 12.2 Å². The van der Waals surface area contributed by atoms with Crippen LogP contribution in [-0.2, 0) is 11.3 Å². The van der Waals surface area contributed by atoms with Crippen molar-refractivity contribution in [3.8, 4) is 22.7 Å². The minimum atomic E-state index is -0.365. The van der Waals surface area contributed by atoms with Crippen LogP contribution in [0, 0.1) is 12.7 Å². The Labute approximate surface area is 203 Å². The van der Waals surface area contributed by atoms with Gasteiger partial charge in [0.25, 0.3) is 5.56 Å². The third kappa shape index (κ3) is 5.73. The van der Waals surface area contributed by atoms with Crippen LogP contribution in [-0.4, -0.2) is 39.9 Å². The lowest BCUT2D eigenvalue weighted by Crippen LogP contribution is -2.18. The summed E-state index contributed by atoms with van der Waals surface area (Å²) in [5.74, 6) is 0.857. The van der Waals surface area contributed by atoms with Gasteiger partial charge in [0, 0.05) is 32.5 Å². The molecule has 0 saturated carbocycles. The summed E-state index contributed by atoms with van der Waals surface area (Å²) in [7, 11) is 3.27. The Hall–Kier alpha value is -4.04. The van der Waals surface area contributed by atoms with E-state index in [2.05, 4.69) is 9.97 Å². The van der Waals surface area contributed by atoms with Gasteiger partial charge in [-0.05, 0) is 66.9 Å². The zero-order valence-electron chi connectivity index (χ0n) is 19.9. The van der Waals surface area contributed by atoms with Gasteiger partial charge in [0.05, 0.1) is 30.5 Å². The van der Waals surface area contributed by atoms with Crippen LogP contribution in [0.1, 0.15) is 23.5 Å². The second-order valence-corrected chi connectivity index (χ2v) is 8.03. The van der Waals surface area contributed by atoms with Gasteiger partial charge in [-0.2, -0.15) is 4.98 Å². The number of hydrogen-bond acceptors (Lipinski definition) is 5. The maximum Gasteiger partial charge on any atom is 0.273 e. The summed E-state index contributed by atoms with van der Waals surface area (Å²) in [6, 6.07) is 13.4. The van der Waals surface area contributed by atoms with Crippen molar-refractivity contribution in [2.45, 2.75) is 19.9 Å². The zero-order valence-corrected chi connectivity index (χ0v) is 19.9. The smallest absolute Gasteiger partial charge is 0.273 e. The van der Waals surface area contributed by atoms with Crippen LogP contribution < -0.4 is 10.3 Å². The SMILES string of the molecule is COCCCn1c(-c2ccc(F)cc2)cc(=O)nc1/C=C/c1ccc(-n2cnc(C)c2)c(OC)c1. The van der Waals surface area contributed by atoms with Crippen LogP contribution >= 0.6 is 0 Å². The molecule has 0 unspecified atom stereocenters. The summed E-state index contributed by atoms with van der Waals surface area (Å²) in [6.07, 6.45) is 8.08. The number of imidazole rings is 1. The highest BCUT2D eigenvalue weighted by atomic mass is 19.1. The van der Waals surface area contributed by atoms with Crippen LogP contribution in [0.2, 0.25) is 0 Å².